The predicted molar refractivity (Wildman–Crippen MR) is 102 cm³/mol. The second-order valence-corrected chi connectivity index (χ2v) is 9.83. The zero-order valence-corrected chi connectivity index (χ0v) is 16.6. The summed E-state index contributed by atoms with van der Waals surface area (Å²) in [6.07, 6.45) is 5.93. The number of benzene rings is 1. The van der Waals surface area contributed by atoms with Crippen molar-refractivity contribution in [3.63, 3.8) is 0 Å². The van der Waals surface area contributed by atoms with Crippen molar-refractivity contribution in [2.45, 2.75) is 55.9 Å². The van der Waals surface area contributed by atoms with Gasteiger partial charge in [0, 0.05) is 31.8 Å². The van der Waals surface area contributed by atoms with Crippen LogP contribution < -0.4 is 0 Å². The lowest BCUT2D eigenvalue weighted by Gasteiger charge is -2.46. The first-order chi connectivity index (χ1) is 12.5. The number of rotatable bonds is 3. The summed E-state index contributed by atoms with van der Waals surface area (Å²) in [5.74, 6) is 0. The van der Waals surface area contributed by atoms with Gasteiger partial charge in [-0.3, -0.25) is 4.90 Å². The van der Waals surface area contributed by atoms with Gasteiger partial charge in [-0.25, -0.2) is 8.42 Å². The van der Waals surface area contributed by atoms with Crippen LogP contribution in [0.4, 0.5) is 0 Å². The minimum absolute atomic E-state index is 0.0761. The van der Waals surface area contributed by atoms with Crippen molar-refractivity contribution in [3.05, 3.63) is 29.3 Å². The molecule has 1 spiro atoms. The Balaban J connectivity index is 1.65. The SMILES string of the molecule is CCN1CCCN(S(=O)(=O)c2ccc3c(c2)CCC3)CC12CCOCC2. The van der Waals surface area contributed by atoms with Crippen LogP contribution in [0, 0.1) is 0 Å². The maximum Gasteiger partial charge on any atom is 0.243 e. The molecule has 0 unspecified atom stereocenters. The summed E-state index contributed by atoms with van der Waals surface area (Å²) in [6, 6.07) is 5.77. The Morgan fingerprint density at radius 2 is 1.85 bits per heavy atom. The maximum atomic E-state index is 13.4. The molecule has 5 nitrogen and oxygen atoms in total. The molecule has 6 heteroatoms. The highest BCUT2D eigenvalue weighted by molar-refractivity contribution is 7.89. The van der Waals surface area contributed by atoms with E-state index in [1.807, 2.05) is 18.2 Å². The number of aryl methyl sites for hydroxylation is 2. The fraction of sp³-hybridized carbons (Fsp3) is 0.700. The highest BCUT2D eigenvalue weighted by Gasteiger charge is 2.43. The lowest BCUT2D eigenvalue weighted by atomic mass is 9.88. The van der Waals surface area contributed by atoms with Crippen LogP contribution in [0.3, 0.4) is 0 Å². The topological polar surface area (TPSA) is 49.9 Å². The maximum absolute atomic E-state index is 13.4. The largest absolute Gasteiger partial charge is 0.381 e. The van der Waals surface area contributed by atoms with Crippen molar-refractivity contribution in [2.24, 2.45) is 0 Å². The molecule has 0 radical (unpaired) electrons. The third-order valence-corrected chi connectivity index (χ3v) is 8.33. The molecule has 0 amide bonds. The molecule has 0 N–H and O–H groups in total. The van der Waals surface area contributed by atoms with Gasteiger partial charge in [-0.1, -0.05) is 13.0 Å². The number of sulfonamides is 1. The molecule has 0 bridgehead atoms. The monoisotopic (exact) mass is 378 g/mol. The molecule has 1 aromatic rings. The molecule has 144 valence electrons. The van der Waals surface area contributed by atoms with Crippen molar-refractivity contribution in [2.75, 3.05) is 39.4 Å². The molecule has 1 aliphatic carbocycles. The van der Waals surface area contributed by atoms with Crippen molar-refractivity contribution in [3.8, 4) is 0 Å². The molecule has 4 rings (SSSR count). The van der Waals surface area contributed by atoms with Gasteiger partial charge in [0.15, 0.2) is 0 Å². The molecule has 0 atom stereocenters. The first-order valence-electron chi connectivity index (χ1n) is 10.00. The van der Waals surface area contributed by atoms with E-state index >= 15 is 0 Å². The Morgan fingerprint density at radius 3 is 2.62 bits per heavy atom. The molecule has 0 saturated carbocycles. The van der Waals surface area contributed by atoms with E-state index in [1.165, 1.54) is 11.1 Å². The van der Waals surface area contributed by atoms with E-state index in [-0.39, 0.29) is 5.54 Å². The van der Waals surface area contributed by atoms with Gasteiger partial charge in [0.1, 0.15) is 0 Å². The molecule has 1 aromatic carbocycles. The number of likely N-dealkylation sites (N-methyl/N-ethyl adjacent to an activating group) is 1. The normalized spacial score (nSPS) is 24.5. The van der Waals surface area contributed by atoms with Crippen LogP contribution in [-0.2, 0) is 27.6 Å². The van der Waals surface area contributed by atoms with Gasteiger partial charge in [0.25, 0.3) is 0 Å². The van der Waals surface area contributed by atoms with Gasteiger partial charge in [-0.2, -0.15) is 4.31 Å². The Labute approximate surface area is 157 Å². The molecule has 26 heavy (non-hydrogen) atoms. The van der Waals surface area contributed by atoms with Crippen LogP contribution in [0.25, 0.3) is 0 Å². The molecule has 2 fully saturated rings. The fourth-order valence-corrected chi connectivity index (χ4v) is 6.57. The Kier molecular flexibility index (Phi) is 5.12. The lowest BCUT2D eigenvalue weighted by Crippen LogP contribution is -2.57. The number of hydrogen-bond donors (Lipinski definition) is 0. The van der Waals surface area contributed by atoms with E-state index in [2.05, 4.69) is 11.8 Å². The van der Waals surface area contributed by atoms with Crippen molar-refractivity contribution < 1.29 is 13.2 Å². The summed E-state index contributed by atoms with van der Waals surface area (Å²) in [5.41, 5.74) is 2.46. The molecule has 2 aliphatic heterocycles. The summed E-state index contributed by atoms with van der Waals surface area (Å²) in [5, 5.41) is 0. The molecular weight excluding hydrogens is 348 g/mol. The second-order valence-electron chi connectivity index (χ2n) is 7.89. The highest BCUT2D eigenvalue weighted by atomic mass is 32.2. The van der Waals surface area contributed by atoms with Gasteiger partial charge in [0.2, 0.25) is 10.0 Å². The minimum Gasteiger partial charge on any atom is -0.381 e. The summed E-state index contributed by atoms with van der Waals surface area (Å²) < 4.78 is 34.2. The van der Waals surface area contributed by atoms with Gasteiger partial charge in [-0.05, 0) is 74.9 Å². The van der Waals surface area contributed by atoms with E-state index in [1.54, 1.807) is 4.31 Å². The first-order valence-corrected chi connectivity index (χ1v) is 11.4. The Hall–Kier alpha value is -0.950. The third-order valence-electron chi connectivity index (χ3n) is 6.49. The Morgan fingerprint density at radius 1 is 1.08 bits per heavy atom. The van der Waals surface area contributed by atoms with E-state index in [4.69, 9.17) is 4.74 Å². The number of fused-ring (bicyclic) bond motifs is 1. The van der Waals surface area contributed by atoms with E-state index in [0.717, 1.165) is 64.8 Å². The minimum atomic E-state index is -3.45. The third kappa shape index (κ3) is 3.21. The lowest BCUT2D eigenvalue weighted by molar-refractivity contribution is -0.0263. The average molecular weight is 379 g/mol. The van der Waals surface area contributed by atoms with E-state index in [9.17, 15) is 8.42 Å². The van der Waals surface area contributed by atoms with Gasteiger partial charge < -0.3 is 4.74 Å². The van der Waals surface area contributed by atoms with Crippen LogP contribution in [0.5, 0.6) is 0 Å². The molecule has 3 aliphatic rings. The smallest absolute Gasteiger partial charge is 0.243 e. The van der Waals surface area contributed by atoms with Crippen molar-refractivity contribution in [1.29, 1.82) is 0 Å². The van der Waals surface area contributed by atoms with Crippen molar-refractivity contribution >= 4 is 10.0 Å². The number of nitrogens with zero attached hydrogens (tertiary/aromatic N) is 2. The van der Waals surface area contributed by atoms with Gasteiger partial charge in [-0.15, -0.1) is 0 Å². The predicted octanol–water partition coefficient (Wildman–Crippen LogP) is 2.44. The van der Waals surface area contributed by atoms with Crippen molar-refractivity contribution in [1.82, 2.24) is 9.21 Å². The molecule has 0 aromatic heterocycles. The molecule has 2 saturated heterocycles. The standard InChI is InChI=1S/C20H30N2O3S/c1-2-21-11-4-12-22(16-20(21)9-13-25-14-10-20)26(23,24)19-8-7-17-5-3-6-18(17)15-19/h7-8,15H,2-6,9-14,16H2,1H3. The number of hydrogen-bond acceptors (Lipinski definition) is 4. The first kappa shape index (κ1) is 18.4. The van der Waals surface area contributed by atoms with Crippen LogP contribution in [0.2, 0.25) is 0 Å². The summed E-state index contributed by atoms with van der Waals surface area (Å²) in [6.45, 7) is 6.76. The zero-order valence-electron chi connectivity index (χ0n) is 15.7. The summed E-state index contributed by atoms with van der Waals surface area (Å²) in [7, 11) is -3.45. The zero-order chi connectivity index (χ0) is 18.2. The quantitative estimate of drug-likeness (QED) is 0.811. The molecule has 2 heterocycles. The summed E-state index contributed by atoms with van der Waals surface area (Å²) >= 11 is 0. The highest BCUT2D eigenvalue weighted by Crippen LogP contribution is 2.34. The van der Waals surface area contributed by atoms with Crippen LogP contribution in [0.1, 0.15) is 43.7 Å². The van der Waals surface area contributed by atoms with E-state index < -0.39 is 10.0 Å². The van der Waals surface area contributed by atoms with Crippen LogP contribution in [-0.4, -0.2) is 62.6 Å². The van der Waals surface area contributed by atoms with Gasteiger partial charge in [0.05, 0.1) is 4.90 Å². The van der Waals surface area contributed by atoms with Gasteiger partial charge >= 0.3 is 0 Å². The fourth-order valence-electron chi connectivity index (χ4n) is 4.96. The van der Waals surface area contributed by atoms with Crippen LogP contribution in [0.15, 0.2) is 23.1 Å². The van der Waals surface area contributed by atoms with E-state index in [0.29, 0.717) is 18.0 Å². The van der Waals surface area contributed by atoms with Crippen LogP contribution >= 0.6 is 0 Å². The second kappa shape index (κ2) is 7.23. The summed E-state index contributed by atoms with van der Waals surface area (Å²) in [4.78, 5) is 2.97. The average Bonchev–Trinajstić information content (AvgIpc) is 3.05. The Bertz CT molecular complexity index is 756. The molecular formula is C20H30N2O3S. The number of ether oxygens (including phenoxy) is 1.